The molecular formula is C12H16ClN. The van der Waals surface area contributed by atoms with Crippen LogP contribution in [-0.4, -0.2) is 6.54 Å². The number of halogens is 1. The molecule has 2 heteroatoms. The summed E-state index contributed by atoms with van der Waals surface area (Å²) >= 11 is 5.97. The van der Waals surface area contributed by atoms with Gasteiger partial charge in [0.15, 0.2) is 0 Å². The van der Waals surface area contributed by atoms with Gasteiger partial charge in [-0.05, 0) is 55.3 Å². The number of nitrogens with two attached hydrogens (primary N) is 1. The van der Waals surface area contributed by atoms with Crippen LogP contribution in [0.25, 0.3) is 0 Å². The van der Waals surface area contributed by atoms with E-state index in [1.807, 2.05) is 12.1 Å². The molecule has 1 fully saturated rings. The second-order valence-corrected chi connectivity index (χ2v) is 4.60. The Labute approximate surface area is 90.3 Å². The Kier molecular flexibility index (Phi) is 3.09. The van der Waals surface area contributed by atoms with E-state index >= 15 is 0 Å². The van der Waals surface area contributed by atoms with Crippen molar-refractivity contribution in [3.8, 4) is 0 Å². The molecule has 1 aliphatic rings. The third-order valence-electron chi connectivity index (χ3n) is 3.19. The molecule has 2 N–H and O–H groups in total. The van der Waals surface area contributed by atoms with E-state index in [-0.39, 0.29) is 0 Å². The fourth-order valence-electron chi connectivity index (χ4n) is 2.35. The molecule has 2 rings (SSSR count). The van der Waals surface area contributed by atoms with Gasteiger partial charge >= 0.3 is 0 Å². The predicted molar refractivity (Wildman–Crippen MR) is 60.6 cm³/mol. The molecule has 76 valence electrons. The van der Waals surface area contributed by atoms with Crippen molar-refractivity contribution < 1.29 is 0 Å². The van der Waals surface area contributed by atoms with Gasteiger partial charge in [0.1, 0.15) is 0 Å². The van der Waals surface area contributed by atoms with Crippen LogP contribution in [0.2, 0.25) is 5.02 Å². The smallest absolute Gasteiger partial charge is 0.0408 e. The highest BCUT2D eigenvalue weighted by Gasteiger charge is 2.24. The monoisotopic (exact) mass is 209 g/mol. The second-order valence-electron chi connectivity index (χ2n) is 4.17. The Bertz CT molecular complexity index is 311. The van der Waals surface area contributed by atoms with E-state index in [9.17, 15) is 0 Å². The van der Waals surface area contributed by atoms with Gasteiger partial charge in [0.05, 0.1) is 0 Å². The van der Waals surface area contributed by atoms with E-state index in [0.29, 0.717) is 5.92 Å². The van der Waals surface area contributed by atoms with Crippen molar-refractivity contribution in [3.05, 3.63) is 34.9 Å². The summed E-state index contributed by atoms with van der Waals surface area (Å²) in [5.41, 5.74) is 7.06. The summed E-state index contributed by atoms with van der Waals surface area (Å²) in [6.45, 7) is 0.830. The molecule has 1 aromatic carbocycles. The van der Waals surface area contributed by atoms with Gasteiger partial charge < -0.3 is 5.73 Å². The van der Waals surface area contributed by atoms with E-state index in [1.54, 1.807) is 0 Å². The van der Waals surface area contributed by atoms with Crippen LogP contribution in [0.1, 0.15) is 30.7 Å². The molecule has 1 saturated carbocycles. The van der Waals surface area contributed by atoms with E-state index in [2.05, 4.69) is 12.1 Å². The van der Waals surface area contributed by atoms with Crippen molar-refractivity contribution >= 4 is 11.6 Å². The van der Waals surface area contributed by atoms with Crippen molar-refractivity contribution in [1.82, 2.24) is 0 Å². The maximum absolute atomic E-state index is 5.97. The molecule has 0 spiro atoms. The van der Waals surface area contributed by atoms with Crippen molar-refractivity contribution in [1.29, 1.82) is 0 Å². The van der Waals surface area contributed by atoms with Crippen LogP contribution in [0.4, 0.5) is 0 Å². The molecule has 0 bridgehead atoms. The van der Waals surface area contributed by atoms with Gasteiger partial charge in [0.25, 0.3) is 0 Å². The molecule has 0 radical (unpaired) electrons. The number of hydrogen-bond donors (Lipinski definition) is 1. The maximum Gasteiger partial charge on any atom is 0.0408 e. The Morgan fingerprint density at radius 3 is 2.86 bits per heavy atom. The van der Waals surface area contributed by atoms with Crippen molar-refractivity contribution in [2.45, 2.75) is 25.2 Å². The van der Waals surface area contributed by atoms with Gasteiger partial charge in [-0.3, -0.25) is 0 Å². The van der Waals surface area contributed by atoms with Crippen LogP contribution in [0.5, 0.6) is 0 Å². The van der Waals surface area contributed by atoms with E-state index in [4.69, 9.17) is 17.3 Å². The average molecular weight is 210 g/mol. The molecule has 0 aliphatic heterocycles. The summed E-state index contributed by atoms with van der Waals surface area (Å²) < 4.78 is 0. The van der Waals surface area contributed by atoms with E-state index < -0.39 is 0 Å². The summed E-state index contributed by atoms with van der Waals surface area (Å²) in [4.78, 5) is 0. The fraction of sp³-hybridized carbons (Fsp3) is 0.500. The SMILES string of the molecule is NCC1CCC(c2cccc(Cl)c2)C1. The van der Waals surface area contributed by atoms with Crippen LogP contribution in [0.15, 0.2) is 24.3 Å². The van der Waals surface area contributed by atoms with Gasteiger partial charge in [0.2, 0.25) is 0 Å². The summed E-state index contributed by atoms with van der Waals surface area (Å²) in [6, 6.07) is 8.23. The Morgan fingerprint density at radius 2 is 2.21 bits per heavy atom. The first-order valence-corrected chi connectivity index (χ1v) is 5.63. The summed E-state index contributed by atoms with van der Waals surface area (Å²) in [5.74, 6) is 1.40. The Hall–Kier alpha value is -0.530. The van der Waals surface area contributed by atoms with Crippen LogP contribution in [-0.2, 0) is 0 Å². The summed E-state index contributed by atoms with van der Waals surface area (Å²) in [7, 11) is 0. The van der Waals surface area contributed by atoms with Gasteiger partial charge in [0, 0.05) is 5.02 Å². The molecule has 1 aromatic rings. The normalized spacial score (nSPS) is 26.7. The zero-order valence-electron chi connectivity index (χ0n) is 8.25. The molecule has 0 aromatic heterocycles. The lowest BCUT2D eigenvalue weighted by Gasteiger charge is -2.10. The zero-order chi connectivity index (χ0) is 9.97. The van der Waals surface area contributed by atoms with Crippen LogP contribution in [0.3, 0.4) is 0 Å². The molecule has 2 atom stereocenters. The first kappa shape index (κ1) is 10.0. The maximum atomic E-state index is 5.97. The number of benzene rings is 1. The molecule has 0 heterocycles. The largest absolute Gasteiger partial charge is 0.330 e. The number of rotatable bonds is 2. The van der Waals surface area contributed by atoms with Gasteiger partial charge in [-0.1, -0.05) is 23.7 Å². The first-order chi connectivity index (χ1) is 6.79. The average Bonchev–Trinajstić information content (AvgIpc) is 2.66. The van der Waals surface area contributed by atoms with Crippen LogP contribution >= 0.6 is 11.6 Å². The minimum atomic E-state index is 0.683. The van der Waals surface area contributed by atoms with E-state index in [1.165, 1.54) is 24.8 Å². The molecule has 0 saturated heterocycles. The predicted octanol–water partition coefficient (Wildman–Crippen LogP) is 3.18. The third kappa shape index (κ3) is 2.10. The molecule has 0 amide bonds. The summed E-state index contributed by atoms with van der Waals surface area (Å²) in [6.07, 6.45) is 3.77. The minimum absolute atomic E-state index is 0.683. The number of hydrogen-bond acceptors (Lipinski definition) is 1. The lowest BCUT2D eigenvalue weighted by atomic mass is 9.96. The van der Waals surface area contributed by atoms with Crippen LogP contribution in [0, 0.1) is 5.92 Å². The van der Waals surface area contributed by atoms with Crippen molar-refractivity contribution in [2.75, 3.05) is 6.54 Å². The summed E-state index contributed by atoms with van der Waals surface area (Å²) in [5, 5.41) is 0.846. The quantitative estimate of drug-likeness (QED) is 0.796. The topological polar surface area (TPSA) is 26.0 Å². The van der Waals surface area contributed by atoms with Gasteiger partial charge in [-0.2, -0.15) is 0 Å². The Balaban J connectivity index is 2.09. The molecule has 1 nitrogen and oxygen atoms in total. The van der Waals surface area contributed by atoms with Crippen LogP contribution < -0.4 is 5.73 Å². The van der Waals surface area contributed by atoms with Crippen molar-refractivity contribution in [2.24, 2.45) is 11.7 Å². The molecule has 1 aliphatic carbocycles. The third-order valence-corrected chi connectivity index (χ3v) is 3.43. The molecule has 14 heavy (non-hydrogen) atoms. The van der Waals surface area contributed by atoms with Crippen molar-refractivity contribution in [3.63, 3.8) is 0 Å². The highest BCUT2D eigenvalue weighted by atomic mass is 35.5. The zero-order valence-corrected chi connectivity index (χ0v) is 9.00. The highest BCUT2D eigenvalue weighted by Crippen LogP contribution is 2.38. The first-order valence-electron chi connectivity index (χ1n) is 5.25. The van der Waals surface area contributed by atoms with E-state index in [0.717, 1.165) is 17.5 Å². The standard InChI is InChI=1S/C12H16ClN/c13-12-3-1-2-10(7-12)11-5-4-9(6-11)8-14/h1-3,7,9,11H,4-6,8,14H2. The minimum Gasteiger partial charge on any atom is -0.330 e. The molecule has 2 unspecified atom stereocenters. The van der Waals surface area contributed by atoms with Gasteiger partial charge in [-0.15, -0.1) is 0 Å². The fourth-order valence-corrected chi connectivity index (χ4v) is 2.55. The lowest BCUT2D eigenvalue weighted by molar-refractivity contribution is 0.551. The highest BCUT2D eigenvalue weighted by molar-refractivity contribution is 6.30. The Morgan fingerprint density at radius 1 is 1.36 bits per heavy atom. The lowest BCUT2D eigenvalue weighted by Crippen LogP contribution is -2.10. The molecular weight excluding hydrogens is 194 g/mol. The van der Waals surface area contributed by atoms with Gasteiger partial charge in [-0.25, -0.2) is 0 Å². The second kappa shape index (κ2) is 4.33.